The van der Waals surface area contributed by atoms with Gasteiger partial charge in [0.25, 0.3) is 0 Å². The summed E-state index contributed by atoms with van der Waals surface area (Å²) < 4.78 is 10.4. The maximum absolute atomic E-state index is 12.4. The lowest BCUT2D eigenvalue weighted by molar-refractivity contribution is 0.174. The lowest BCUT2D eigenvalue weighted by Crippen LogP contribution is -2.40. The van der Waals surface area contributed by atoms with Crippen LogP contribution in [0.25, 0.3) is 11.4 Å². The highest BCUT2D eigenvalue weighted by Crippen LogP contribution is 2.31. The molecule has 1 atom stereocenters. The lowest BCUT2D eigenvalue weighted by atomic mass is 10.2. The Morgan fingerprint density at radius 3 is 3.04 bits per heavy atom. The van der Waals surface area contributed by atoms with Gasteiger partial charge in [0.05, 0.1) is 0 Å². The van der Waals surface area contributed by atoms with Crippen LogP contribution in [-0.4, -0.2) is 47.9 Å². The van der Waals surface area contributed by atoms with Crippen LogP contribution in [0.2, 0.25) is 0 Å². The summed E-state index contributed by atoms with van der Waals surface area (Å²) in [6.07, 6.45) is 2.56. The number of urea groups is 1. The number of carbonyl (C=O) groups is 1. The molecule has 7 nitrogen and oxygen atoms in total. The van der Waals surface area contributed by atoms with E-state index in [1.807, 2.05) is 30.3 Å². The molecular weight excluding hydrogens is 308 g/mol. The Balaban J connectivity index is 1.65. The molecule has 1 fully saturated rings. The molecule has 1 unspecified atom stereocenters. The number of nitrogens with one attached hydrogen (secondary N) is 1. The molecule has 0 radical (unpaired) electrons. The van der Waals surface area contributed by atoms with Gasteiger partial charge in [-0.05, 0) is 19.3 Å². The van der Waals surface area contributed by atoms with E-state index in [0.717, 1.165) is 24.8 Å². The molecule has 24 heavy (non-hydrogen) atoms. The van der Waals surface area contributed by atoms with Crippen LogP contribution in [0.3, 0.4) is 0 Å². The predicted octanol–water partition coefficient (Wildman–Crippen LogP) is 2.62. The Morgan fingerprint density at radius 2 is 2.25 bits per heavy atom. The quantitative estimate of drug-likeness (QED) is 0.824. The number of rotatable bonds is 6. The number of amides is 2. The van der Waals surface area contributed by atoms with Crippen molar-refractivity contribution in [2.24, 2.45) is 0 Å². The Kier molecular flexibility index (Phi) is 5.43. The van der Waals surface area contributed by atoms with Crippen LogP contribution >= 0.6 is 0 Å². The summed E-state index contributed by atoms with van der Waals surface area (Å²) in [6, 6.07) is 9.43. The second kappa shape index (κ2) is 7.92. The van der Waals surface area contributed by atoms with Crippen LogP contribution in [0, 0.1) is 0 Å². The van der Waals surface area contributed by atoms with Gasteiger partial charge in [-0.25, -0.2) is 4.79 Å². The van der Waals surface area contributed by atoms with Gasteiger partial charge in [0.15, 0.2) is 0 Å². The van der Waals surface area contributed by atoms with Crippen LogP contribution in [0.4, 0.5) is 4.79 Å². The molecule has 1 aromatic carbocycles. The van der Waals surface area contributed by atoms with Crippen LogP contribution in [0.5, 0.6) is 0 Å². The third-order valence-electron chi connectivity index (χ3n) is 4.07. The summed E-state index contributed by atoms with van der Waals surface area (Å²) >= 11 is 0. The van der Waals surface area contributed by atoms with Crippen molar-refractivity contribution in [2.45, 2.75) is 25.3 Å². The molecule has 2 heterocycles. The minimum Gasteiger partial charge on any atom is -0.385 e. The van der Waals surface area contributed by atoms with Gasteiger partial charge in [-0.15, -0.1) is 0 Å². The van der Waals surface area contributed by atoms with E-state index in [-0.39, 0.29) is 12.1 Å². The fourth-order valence-electron chi connectivity index (χ4n) is 2.85. The van der Waals surface area contributed by atoms with Crippen LogP contribution in [0.1, 0.15) is 31.2 Å². The highest BCUT2D eigenvalue weighted by Gasteiger charge is 2.34. The van der Waals surface area contributed by atoms with Crippen LogP contribution in [0.15, 0.2) is 34.9 Å². The standard InChI is InChI=1S/C17H22N4O3/c1-23-12-6-10-18-17(22)21-11-5-9-14(21)16-19-15(20-24-16)13-7-3-2-4-8-13/h2-4,7-8,14H,5-6,9-12H2,1H3,(H,18,22). The normalized spacial score (nSPS) is 17.2. The number of benzene rings is 1. The summed E-state index contributed by atoms with van der Waals surface area (Å²) in [5.41, 5.74) is 0.904. The monoisotopic (exact) mass is 330 g/mol. The molecule has 2 amide bonds. The Labute approximate surface area is 141 Å². The number of nitrogens with zero attached hydrogens (tertiary/aromatic N) is 3. The summed E-state index contributed by atoms with van der Waals surface area (Å²) in [7, 11) is 1.65. The molecule has 1 aliphatic rings. The minimum absolute atomic E-state index is 0.0898. The smallest absolute Gasteiger partial charge is 0.318 e. The summed E-state index contributed by atoms with van der Waals surface area (Å²) in [6.45, 7) is 1.92. The number of methoxy groups -OCH3 is 1. The summed E-state index contributed by atoms with van der Waals surface area (Å²) in [5.74, 6) is 1.05. The topological polar surface area (TPSA) is 80.5 Å². The first-order valence-corrected chi connectivity index (χ1v) is 8.22. The zero-order valence-corrected chi connectivity index (χ0v) is 13.8. The van der Waals surface area contributed by atoms with Crippen molar-refractivity contribution in [2.75, 3.05) is 26.8 Å². The second-order valence-electron chi connectivity index (χ2n) is 5.75. The zero-order chi connectivity index (χ0) is 16.8. The average Bonchev–Trinajstić information content (AvgIpc) is 3.28. The average molecular weight is 330 g/mol. The third kappa shape index (κ3) is 3.73. The molecule has 1 aromatic heterocycles. The summed E-state index contributed by atoms with van der Waals surface area (Å²) in [5, 5.41) is 6.97. The van der Waals surface area contributed by atoms with Gasteiger partial charge in [0.1, 0.15) is 6.04 Å². The molecular formula is C17H22N4O3. The molecule has 0 aliphatic carbocycles. The second-order valence-corrected chi connectivity index (χ2v) is 5.75. The highest BCUT2D eigenvalue weighted by atomic mass is 16.5. The van der Waals surface area contributed by atoms with Crippen molar-refractivity contribution >= 4 is 6.03 Å². The minimum atomic E-state index is -0.155. The van der Waals surface area contributed by atoms with E-state index < -0.39 is 0 Å². The van der Waals surface area contributed by atoms with Crippen molar-refractivity contribution in [3.63, 3.8) is 0 Å². The van der Waals surface area contributed by atoms with Gasteiger partial charge in [0, 0.05) is 32.4 Å². The van der Waals surface area contributed by atoms with E-state index in [1.54, 1.807) is 12.0 Å². The molecule has 1 saturated heterocycles. The largest absolute Gasteiger partial charge is 0.385 e. The van der Waals surface area contributed by atoms with E-state index in [9.17, 15) is 4.79 Å². The SMILES string of the molecule is COCCCNC(=O)N1CCCC1c1nc(-c2ccccc2)no1. The fourth-order valence-corrected chi connectivity index (χ4v) is 2.85. The van der Waals surface area contributed by atoms with Crippen molar-refractivity contribution in [1.82, 2.24) is 20.4 Å². The van der Waals surface area contributed by atoms with E-state index in [2.05, 4.69) is 15.5 Å². The molecule has 1 N–H and O–H groups in total. The lowest BCUT2D eigenvalue weighted by Gasteiger charge is -2.22. The Bertz CT molecular complexity index is 659. The van der Waals surface area contributed by atoms with Gasteiger partial charge >= 0.3 is 6.03 Å². The highest BCUT2D eigenvalue weighted by molar-refractivity contribution is 5.74. The predicted molar refractivity (Wildman–Crippen MR) is 88.3 cm³/mol. The van der Waals surface area contributed by atoms with Gasteiger partial charge in [-0.1, -0.05) is 35.5 Å². The number of hydrogen-bond donors (Lipinski definition) is 1. The van der Waals surface area contributed by atoms with Gasteiger partial charge in [-0.3, -0.25) is 0 Å². The number of likely N-dealkylation sites (tertiary alicyclic amines) is 1. The first-order valence-electron chi connectivity index (χ1n) is 8.22. The molecule has 3 rings (SSSR count). The number of hydrogen-bond acceptors (Lipinski definition) is 5. The van der Waals surface area contributed by atoms with Gasteiger partial charge < -0.3 is 19.5 Å². The fraction of sp³-hybridized carbons (Fsp3) is 0.471. The molecule has 0 saturated carbocycles. The number of aromatic nitrogens is 2. The van der Waals surface area contributed by atoms with Crippen molar-refractivity contribution in [1.29, 1.82) is 0 Å². The van der Waals surface area contributed by atoms with Crippen molar-refractivity contribution in [3.05, 3.63) is 36.2 Å². The maximum atomic E-state index is 12.4. The van der Waals surface area contributed by atoms with Crippen molar-refractivity contribution in [3.8, 4) is 11.4 Å². The Morgan fingerprint density at radius 1 is 1.42 bits per heavy atom. The van der Waals surface area contributed by atoms with E-state index in [1.165, 1.54) is 0 Å². The first-order chi connectivity index (χ1) is 11.8. The molecule has 0 spiro atoms. The first kappa shape index (κ1) is 16.4. The maximum Gasteiger partial charge on any atom is 0.318 e. The van der Waals surface area contributed by atoms with Crippen molar-refractivity contribution < 1.29 is 14.1 Å². The number of carbonyl (C=O) groups excluding carboxylic acids is 1. The number of ether oxygens (including phenoxy) is 1. The summed E-state index contributed by atoms with van der Waals surface area (Å²) in [4.78, 5) is 18.6. The van der Waals surface area contributed by atoms with Gasteiger partial charge in [-0.2, -0.15) is 4.98 Å². The van der Waals surface area contributed by atoms with E-state index in [0.29, 0.717) is 31.4 Å². The van der Waals surface area contributed by atoms with Crippen LogP contribution < -0.4 is 5.32 Å². The molecule has 0 bridgehead atoms. The van der Waals surface area contributed by atoms with E-state index in [4.69, 9.17) is 9.26 Å². The molecule has 128 valence electrons. The molecule has 2 aromatic rings. The zero-order valence-electron chi connectivity index (χ0n) is 13.8. The van der Waals surface area contributed by atoms with Crippen LogP contribution in [-0.2, 0) is 4.74 Å². The van der Waals surface area contributed by atoms with E-state index >= 15 is 0 Å². The Hall–Kier alpha value is -2.41. The molecule has 1 aliphatic heterocycles. The van der Waals surface area contributed by atoms with Gasteiger partial charge in [0.2, 0.25) is 11.7 Å². The molecule has 7 heteroatoms. The third-order valence-corrected chi connectivity index (χ3v) is 4.07.